The van der Waals surface area contributed by atoms with Crippen molar-refractivity contribution in [3.05, 3.63) is 40.6 Å². The van der Waals surface area contributed by atoms with E-state index in [4.69, 9.17) is 24.4 Å². The summed E-state index contributed by atoms with van der Waals surface area (Å²) in [6.45, 7) is 5.94. The van der Waals surface area contributed by atoms with E-state index in [1.54, 1.807) is 0 Å². The fourth-order valence-corrected chi connectivity index (χ4v) is 4.15. The van der Waals surface area contributed by atoms with Crippen LogP contribution in [0.1, 0.15) is 42.1 Å². The first-order valence-corrected chi connectivity index (χ1v) is 12.4. The number of aliphatic hydroxyl groups excluding tert-OH is 6. The minimum atomic E-state index is -1.55. The highest BCUT2D eigenvalue weighted by atomic mass is 16.7. The first-order chi connectivity index (χ1) is 17.7. The molecule has 1 aromatic heterocycles. The Morgan fingerprint density at radius 2 is 1.81 bits per heavy atom. The normalized spacial score (nSPS) is 24.1. The summed E-state index contributed by atoms with van der Waals surface area (Å²) in [6, 6.07) is 5.33. The summed E-state index contributed by atoms with van der Waals surface area (Å²) in [5, 5.41) is 68.4. The van der Waals surface area contributed by atoms with Crippen molar-refractivity contribution in [1.29, 1.82) is 0 Å². The lowest BCUT2D eigenvalue weighted by Gasteiger charge is -2.39. The zero-order valence-electron chi connectivity index (χ0n) is 21.4. The van der Waals surface area contributed by atoms with E-state index in [2.05, 4.69) is 15.5 Å². The predicted octanol–water partition coefficient (Wildman–Crippen LogP) is -1.07. The van der Waals surface area contributed by atoms with Crippen LogP contribution in [0.15, 0.2) is 18.2 Å². The van der Waals surface area contributed by atoms with E-state index in [9.17, 15) is 20.4 Å². The number of aliphatic hydroxyl groups is 6. The summed E-state index contributed by atoms with van der Waals surface area (Å²) < 4.78 is 17.1. The van der Waals surface area contributed by atoms with Gasteiger partial charge in [-0.1, -0.05) is 19.9 Å². The van der Waals surface area contributed by atoms with Crippen molar-refractivity contribution in [3.63, 3.8) is 0 Å². The van der Waals surface area contributed by atoms with Crippen molar-refractivity contribution in [3.8, 4) is 11.6 Å². The lowest BCUT2D eigenvalue weighted by atomic mass is 9.96. The standard InChI is InChI=1S/C25H39N3O9/c1-13(2)20-18(24(28-27-20)37-25-23(34)22(33)21(32)19(12-31)36-25)9-15-4-5-17(8-14(15)3)35-7-6-26-16(10-29)11-30/h4-5,8,13,16,19,21-23,25-26,29-34H,6-7,9-12H2,1-3H3,(H,27,28)/t19-,21-,22+,23-,25+/m1/s1. The van der Waals surface area contributed by atoms with Crippen molar-refractivity contribution in [1.82, 2.24) is 15.5 Å². The molecule has 1 aliphatic rings. The number of H-pyrrole nitrogens is 1. The zero-order valence-corrected chi connectivity index (χ0v) is 21.4. The second-order valence-corrected chi connectivity index (χ2v) is 9.52. The van der Waals surface area contributed by atoms with Gasteiger partial charge in [0.05, 0.1) is 25.9 Å². The van der Waals surface area contributed by atoms with Gasteiger partial charge in [0, 0.05) is 24.2 Å². The smallest absolute Gasteiger partial charge is 0.238 e. The van der Waals surface area contributed by atoms with Crippen LogP contribution in [-0.2, 0) is 11.2 Å². The van der Waals surface area contributed by atoms with E-state index in [0.717, 1.165) is 22.4 Å². The Bertz CT molecular complexity index is 980. The average molecular weight is 526 g/mol. The summed E-state index contributed by atoms with van der Waals surface area (Å²) in [5.74, 6) is 0.967. The molecule has 0 amide bonds. The Hall–Kier alpha value is -2.29. The highest BCUT2D eigenvalue weighted by Crippen LogP contribution is 2.32. The molecule has 0 bridgehead atoms. The monoisotopic (exact) mass is 525 g/mol. The number of benzene rings is 1. The van der Waals surface area contributed by atoms with Gasteiger partial charge in [-0.25, -0.2) is 0 Å². The molecule has 1 aromatic carbocycles. The van der Waals surface area contributed by atoms with Gasteiger partial charge in [0.2, 0.25) is 12.2 Å². The Labute approximate surface area is 215 Å². The van der Waals surface area contributed by atoms with E-state index in [-0.39, 0.29) is 31.1 Å². The molecule has 5 atom stereocenters. The Balaban J connectivity index is 1.72. The molecule has 12 heteroatoms. The molecule has 8 N–H and O–H groups in total. The first kappa shape index (κ1) is 29.3. The molecule has 208 valence electrons. The van der Waals surface area contributed by atoms with Crippen LogP contribution in [0.5, 0.6) is 11.6 Å². The highest BCUT2D eigenvalue weighted by Gasteiger charge is 2.45. The Morgan fingerprint density at radius 1 is 1.08 bits per heavy atom. The molecule has 1 saturated heterocycles. The maximum atomic E-state index is 10.4. The van der Waals surface area contributed by atoms with Crippen molar-refractivity contribution in [2.45, 2.75) is 69.9 Å². The minimum absolute atomic E-state index is 0.0896. The van der Waals surface area contributed by atoms with Crippen LogP contribution in [0.25, 0.3) is 0 Å². The van der Waals surface area contributed by atoms with Gasteiger partial charge >= 0.3 is 0 Å². The van der Waals surface area contributed by atoms with Gasteiger partial charge in [-0.2, -0.15) is 0 Å². The van der Waals surface area contributed by atoms with E-state index in [0.29, 0.717) is 25.3 Å². The second-order valence-electron chi connectivity index (χ2n) is 9.52. The number of aromatic nitrogens is 2. The molecule has 0 unspecified atom stereocenters. The van der Waals surface area contributed by atoms with Crippen molar-refractivity contribution < 1.29 is 44.8 Å². The average Bonchev–Trinajstić information content (AvgIpc) is 3.28. The lowest BCUT2D eigenvalue weighted by molar-refractivity contribution is -0.278. The number of rotatable bonds is 13. The Morgan fingerprint density at radius 3 is 2.43 bits per heavy atom. The van der Waals surface area contributed by atoms with Crippen LogP contribution in [-0.4, -0.2) is 111 Å². The molecule has 0 saturated carbocycles. The molecule has 2 aromatic rings. The minimum Gasteiger partial charge on any atom is -0.492 e. The van der Waals surface area contributed by atoms with Crippen LogP contribution in [0.3, 0.4) is 0 Å². The van der Waals surface area contributed by atoms with Crippen LogP contribution in [0.2, 0.25) is 0 Å². The topological polar surface area (TPSA) is 190 Å². The van der Waals surface area contributed by atoms with Gasteiger partial charge in [-0.3, -0.25) is 5.10 Å². The predicted molar refractivity (Wildman–Crippen MR) is 133 cm³/mol. The van der Waals surface area contributed by atoms with Crippen LogP contribution < -0.4 is 14.8 Å². The third-order valence-electron chi connectivity index (χ3n) is 6.44. The van der Waals surface area contributed by atoms with Crippen LogP contribution >= 0.6 is 0 Å². The number of aromatic amines is 1. The number of ether oxygens (including phenoxy) is 3. The summed E-state index contributed by atoms with van der Waals surface area (Å²) in [4.78, 5) is 0. The lowest BCUT2D eigenvalue weighted by Crippen LogP contribution is -2.60. The molecular formula is C25H39N3O9. The largest absolute Gasteiger partial charge is 0.492 e. The number of nitrogens with one attached hydrogen (secondary N) is 2. The Kier molecular flexibility index (Phi) is 10.7. The summed E-state index contributed by atoms with van der Waals surface area (Å²) in [5.41, 5.74) is 3.57. The molecule has 12 nitrogen and oxygen atoms in total. The van der Waals surface area contributed by atoms with Gasteiger partial charge < -0.3 is 50.2 Å². The summed E-state index contributed by atoms with van der Waals surface area (Å²) in [7, 11) is 0. The van der Waals surface area contributed by atoms with Crippen LogP contribution in [0, 0.1) is 6.92 Å². The summed E-state index contributed by atoms with van der Waals surface area (Å²) >= 11 is 0. The molecule has 0 radical (unpaired) electrons. The molecule has 1 aliphatic heterocycles. The van der Waals surface area contributed by atoms with Gasteiger partial charge in [0.1, 0.15) is 36.8 Å². The van der Waals surface area contributed by atoms with Gasteiger partial charge in [0.15, 0.2) is 0 Å². The molecule has 0 aliphatic carbocycles. The number of hydrogen-bond acceptors (Lipinski definition) is 11. The van der Waals surface area contributed by atoms with Crippen molar-refractivity contribution in [2.75, 3.05) is 33.0 Å². The molecular weight excluding hydrogens is 486 g/mol. The van der Waals surface area contributed by atoms with Gasteiger partial charge in [-0.15, -0.1) is 5.10 Å². The fraction of sp³-hybridized carbons (Fsp3) is 0.640. The summed E-state index contributed by atoms with van der Waals surface area (Å²) in [6.07, 6.45) is -6.53. The maximum absolute atomic E-state index is 10.4. The van der Waals surface area contributed by atoms with Crippen molar-refractivity contribution in [2.24, 2.45) is 0 Å². The molecule has 37 heavy (non-hydrogen) atoms. The number of hydrogen-bond donors (Lipinski definition) is 8. The number of nitrogens with zero attached hydrogens (tertiary/aromatic N) is 1. The third kappa shape index (κ3) is 7.18. The second kappa shape index (κ2) is 13.5. The molecule has 0 spiro atoms. The maximum Gasteiger partial charge on any atom is 0.238 e. The van der Waals surface area contributed by atoms with Crippen LogP contribution in [0.4, 0.5) is 0 Å². The highest BCUT2D eigenvalue weighted by molar-refractivity contribution is 5.42. The third-order valence-corrected chi connectivity index (χ3v) is 6.44. The molecule has 3 rings (SSSR count). The fourth-order valence-electron chi connectivity index (χ4n) is 4.15. The van der Waals surface area contributed by atoms with E-state index < -0.39 is 37.3 Å². The molecule has 1 fully saturated rings. The van der Waals surface area contributed by atoms with Gasteiger partial charge in [-0.05, 0) is 36.1 Å². The van der Waals surface area contributed by atoms with Crippen molar-refractivity contribution >= 4 is 0 Å². The first-order valence-electron chi connectivity index (χ1n) is 12.4. The van der Waals surface area contributed by atoms with E-state index in [1.807, 2.05) is 39.0 Å². The SMILES string of the molecule is Cc1cc(OCCNC(CO)CO)ccc1Cc1c(O[C@@H]2O[C@H](CO)[C@@H](O)[C@H](O)[C@H]2O)n[nH]c1C(C)C. The zero-order chi connectivity index (χ0) is 27.1. The van der Waals surface area contributed by atoms with E-state index >= 15 is 0 Å². The van der Waals surface area contributed by atoms with Gasteiger partial charge in [0.25, 0.3) is 0 Å². The van der Waals surface area contributed by atoms with E-state index in [1.165, 1.54) is 0 Å². The number of aryl methyl sites for hydroxylation is 1. The quantitative estimate of drug-likeness (QED) is 0.149. The molecule has 2 heterocycles.